The number of fused-ring (bicyclic) bond motifs is 2. The van der Waals surface area contributed by atoms with Gasteiger partial charge < -0.3 is 20.1 Å². The van der Waals surface area contributed by atoms with Crippen molar-refractivity contribution in [3.05, 3.63) is 59.5 Å². The Morgan fingerprint density at radius 1 is 1.16 bits per heavy atom. The third-order valence-electron chi connectivity index (χ3n) is 6.13. The van der Waals surface area contributed by atoms with Gasteiger partial charge in [0.1, 0.15) is 11.9 Å². The molecule has 1 aromatic heterocycles. The maximum atomic E-state index is 13.4. The van der Waals surface area contributed by atoms with Gasteiger partial charge in [0.2, 0.25) is 11.8 Å². The number of nitrogens with one attached hydrogen (secondary N) is 2. The molecular formula is C23H21FN4O4. The average Bonchev–Trinajstić information content (AvgIpc) is 3.17. The summed E-state index contributed by atoms with van der Waals surface area (Å²) in [7, 11) is 0. The number of amides is 3. The largest absolute Gasteiger partial charge is 0.356 e. The van der Waals surface area contributed by atoms with Crippen molar-refractivity contribution in [1.29, 1.82) is 0 Å². The molecule has 0 saturated carbocycles. The molecule has 2 N–H and O–H groups in total. The highest BCUT2D eigenvalue weighted by molar-refractivity contribution is 6.10. The second-order valence-electron chi connectivity index (χ2n) is 8.13. The Bertz CT molecular complexity index is 1220. The molecule has 1 fully saturated rings. The van der Waals surface area contributed by atoms with Gasteiger partial charge in [0.15, 0.2) is 5.58 Å². The summed E-state index contributed by atoms with van der Waals surface area (Å²) >= 11 is 0. The summed E-state index contributed by atoms with van der Waals surface area (Å²) in [4.78, 5) is 39.6. The smallest absolute Gasteiger partial charge is 0.254 e. The second-order valence-corrected chi connectivity index (χ2v) is 8.13. The molecule has 0 spiro atoms. The van der Waals surface area contributed by atoms with E-state index in [1.165, 1.54) is 12.1 Å². The lowest BCUT2D eigenvalue weighted by molar-refractivity contribution is -0.134. The van der Waals surface area contributed by atoms with Crippen molar-refractivity contribution in [3.8, 4) is 0 Å². The van der Waals surface area contributed by atoms with Gasteiger partial charge in [-0.1, -0.05) is 17.3 Å². The molecule has 0 aliphatic carbocycles. The van der Waals surface area contributed by atoms with E-state index in [2.05, 4.69) is 15.8 Å². The minimum Gasteiger partial charge on any atom is -0.356 e. The summed E-state index contributed by atoms with van der Waals surface area (Å²) in [5.74, 6) is -1.26. The molecule has 3 heterocycles. The van der Waals surface area contributed by atoms with Crippen LogP contribution >= 0.6 is 0 Å². The topological polar surface area (TPSA) is 105 Å². The van der Waals surface area contributed by atoms with Crippen molar-refractivity contribution >= 4 is 34.4 Å². The van der Waals surface area contributed by atoms with Crippen LogP contribution in [0.2, 0.25) is 0 Å². The Hall–Kier alpha value is -3.75. The van der Waals surface area contributed by atoms with Crippen molar-refractivity contribution in [1.82, 2.24) is 15.4 Å². The predicted molar refractivity (Wildman–Crippen MR) is 113 cm³/mol. The number of aromatic nitrogens is 1. The van der Waals surface area contributed by atoms with Gasteiger partial charge in [0.05, 0.1) is 23.4 Å². The van der Waals surface area contributed by atoms with E-state index >= 15 is 0 Å². The van der Waals surface area contributed by atoms with Gasteiger partial charge >= 0.3 is 0 Å². The Balaban J connectivity index is 1.22. The van der Waals surface area contributed by atoms with Crippen molar-refractivity contribution < 1.29 is 23.3 Å². The Kier molecular flexibility index (Phi) is 5.08. The zero-order chi connectivity index (χ0) is 22.2. The highest BCUT2D eigenvalue weighted by Gasteiger charge is 2.33. The summed E-state index contributed by atoms with van der Waals surface area (Å²) in [6.07, 6.45) is 1.25. The predicted octanol–water partition coefficient (Wildman–Crippen LogP) is 2.81. The van der Waals surface area contributed by atoms with E-state index in [1.54, 1.807) is 35.2 Å². The minimum atomic E-state index is -0.936. The van der Waals surface area contributed by atoms with Gasteiger partial charge in [-0.2, -0.15) is 0 Å². The van der Waals surface area contributed by atoms with E-state index < -0.39 is 11.9 Å². The molecule has 3 amide bonds. The van der Waals surface area contributed by atoms with Crippen LogP contribution in [0.15, 0.2) is 47.0 Å². The molecule has 8 nitrogen and oxygen atoms in total. The molecule has 0 bridgehead atoms. The summed E-state index contributed by atoms with van der Waals surface area (Å²) in [5, 5.41) is 10.3. The Morgan fingerprint density at radius 3 is 2.75 bits per heavy atom. The summed E-state index contributed by atoms with van der Waals surface area (Å²) in [5.41, 5.74) is 2.00. The van der Waals surface area contributed by atoms with Crippen LogP contribution in [0.5, 0.6) is 0 Å². The lowest BCUT2D eigenvalue weighted by atomic mass is 9.91. The van der Waals surface area contributed by atoms with Gasteiger partial charge in [0.25, 0.3) is 5.91 Å². The average molecular weight is 436 g/mol. The molecular weight excluding hydrogens is 415 g/mol. The molecule has 2 aromatic carbocycles. The third-order valence-corrected chi connectivity index (χ3v) is 6.13. The fourth-order valence-electron chi connectivity index (χ4n) is 4.39. The second kappa shape index (κ2) is 8.07. The first-order valence-electron chi connectivity index (χ1n) is 10.5. The van der Waals surface area contributed by atoms with E-state index in [1.807, 2.05) is 0 Å². The van der Waals surface area contributed by atoms with Gasteiger partial charge in [0, 0.05) is 30.5 Å². The monoisotopic (exact) mass is 436 g/mol. The number of piperidine rings is 1. The molecule has 1 saturated heterocycles. The normalized spacial score (nSPS) is 19.3. The number of carbonyl (C=O) groups excluding carboxylic acids is 3. The molecule has 164 valence electrons. The highest BCUT2D eigenvalue weighted by atomic mass is 19.1. The lowest BCUT2D eigenvalue weighted by Gasteiger charge is -2.32. The van der Waals surface area contributed by atoms with Crippen LogP contribution in [-0.4, -0.2) is 46.9 Å². The third kappa shape index (κ3) is 3.70. The van der Waals surface area contributed by atoms with Crippen molar-refractivity contribution in [2.75, 3.05) is 18.4 Å². The van der Waals surface area contributed by atoms with E-state index in [0.29, 0.717) is 42.8 Å². The molecule has 2 aliphatic heterocycles. The van der Waals surface area contributed by atoms with Crippen LogP contribution in [0.3, 0.4) is 0 Å². The fourth-order valence-corrected chi connectivity index (χ4v) is 4.39. The molecule has 1 atom stereocenters. The van der Waals surface area contributed by atoms with Gasteiger partial charge in [-0.25, -0.2) is 4.39 Å². The first kappa shape index (κ1) is 20.2. The number of benzene rings is 2. The molecule has 9 heteroatoms. The van der Waals surface area contributed by atoms with Crippen molar-refractivity contribution in [2.24, 2.45) is 0 Å². The number of anilines is 1. The number of para-hydroxylation sites is 1. The summed E-state index contributed by atoms with van der Waals surface area (Å²) < 4.78 is 18.7. The number of hydrogen-bond donors (Lipinski definition) is 2. The molecule has 0 radical (unpaired) electrons. The quantitative estimate of drug-likeness (QED) is 0.657. The van der Waals surface area contributed by atoms with E-state index in [4.69, 9.17) is 4.52 Å². The zero-order valence-electron chi connectivity index (χ0n) is 17.1. The van der Waals surface area contributed by atoms with Crippen LogP contribution in [0.1, 0.15) is 41.2 Å². The first-order valence-corrected chi connectivity index (χ1v) is 10.5. The summed E-state index contributed by atoms with van der Waals surface area (Å²) in [6.45, 7) is 1.00. The van der Waals surface area contributed by atoms with Crippen molar-refractivity contribution in [2.45, 2.75) is 31.2 Å². The number of likely N-dealkylation sites (tertiary alicyclic amines) is 1. The van der Waals surface area contributed by atoms with Gasteiger partial charge in [-0.3, -0.25) is 14.4 Å². The maximum Gasteiger partial charge on any atom is 0.254 e. The molecule has 2 aliphatic rings. The molecule has 32 heavy (non-hydrogen) atoms. The van der Waals surface area contributed by atoms with Crippen molar-refractivity contribution in [3.63, 3.8) is 0 Å². The van der Waals surface area contributed by atoms with E-state index in [0.717, 1.165) is 11.1 Å². The zero-order valence-corrected chi connectivity index (χ0v) is 17.1. The highest BCUT2D eigenvalue weighted by Crippen LogP contribution is 2.33. The number of rotatable bonds is 3. The summed E-state index contributed by atoms with van der Waals surface area (Å²) in [6, 6.07) is 10.2. The number of nitrogens with zero attached hydrogens (tertiary/aromatic N) is 2. The van der Waals surface area contributed by atoms with Crippen LogP contribution < -0.4 is 10.6 Å². The van der Waals surface area contributed by atoms with Crippen LogP contribution in [0, 0.1) is 5.82 Å². The Morgan fingerprint density at radius 2 is 1.94 bits per heavy atom. The standard InChI is InChI=1S/C23H21FN4O4/c24-14-5-6-16-19(11-14)32-27-21(16)13-7-9-28(10-8-13)20(29)12-18-23(31)25-17-4-2-1-3-15(17)22(30)26-18/h1-6,11,13,18H,7-10,12H2,(H,25,31)(H,26,30)/t18-/m1/s1. The first-order chi connectivity index (χ1) is 15.5. The molecule has 3 aromatic rings. The minimum absolute atomic E-state index is 0.0983. The van der Waals surface area contributed by atoms with Gasteiger partial charge in [-0.05, 0) is 37.1 Å². The fraction of sp³-hybridized carbons (Fsp3) is 0.304. The number of halogens is 1. The molecule has 0 unspecified atom stereocenters. The lowest BCUT2D eigenvalue weighted by Crippen LogP contribution is -2.46. The number of hydrogen-bond acceptors (Lipinski definition) is 5. The Labute approximate surface area is 182 Å². The van der Waals surface area contributed by atoms with E-state index in [-0.39, 0.29) is 30.0 Å². The van der Waals surface area contributed by atoms with Crippen LogP contribution in [0.25, 0.3) is 11.0 Å². The number of carbonyl (C=O) groups is 3. The van der Waals surface area contributed by atoms with Crippen LogP contribution in [-0.2, 0) is 9.59 Å². The maximum absolute atomic E-state index is 13.4. The molecule has 5 rings (SSSR count). The van der Waals surface area contributed by atoms with Crippen LogP contribution in [0.4, 0.5) is 10.1 Å². The van der Waals surface area contributed by atoms with Gasteiger partial charge in [-0.15, -0.1) is 0 Å². The SMILES string of the molecule is O=C1N[C@H](CC(=O)N2CCC(c3noc4cc(F)ccc34)CC2)C(=O)Nc2ccccc21. The van der Waals surface area contributed by atoms with E-state index in [9.17, 15) is 18.8 Å².